The summed E-state index contributed by atoms with van der Waals surface area (Å²) in [6, 6.07) is 16.0. The first-order valence-corrected chi connectivity index (χ1v) is 14.6. The van der Waals surface area contributed by atoms with Gasteiger partial charge in [0.1, 0.15) is 17.2 Å². The number of amides is 1. The Kier molecular flexibility index (Phi) is 6.41. The van der Waals surface area contributed by atoms with Gasteiger partial charge in [0, 0.05) is 53.4 Å². The van der Waals surface area contributed by atoms with Crippen molar-refractivity contribution in [3.63, 3.8) is 0 Å². The van der Waals surface area contributed by atoms with Crippen molar-refractivity contribution in [1.29, 1.82) is 0 Å². The molecule has 4 aromatic rings. The maximum absolute atomic E-state index is 16.1. The van der Waals surface area contributed by atoms with Gasteiger partial charge < -0.3 is 19.7 Å². The minimum atomic E-state index is -1.19. The van der Waals surface area contributed by atoms with Crippen LogP contribution in [0.1, 0.15) is 60.4 Å². The largest absolute Gasteiger partial charge is 0.364 e. The topological polar surface area (TPSA) is 79.6 Å². The second-order valence-electron chi connectivity index (χ2n) is 11.1. The molecule has 0 bridgehead atoms. The van der Waals surface area contributed by atoms with Gasteiger partial charge in [0.2, 0.25) is 5.91 Å². The minimum absolute atomic E-state index is 0.0142. The zero-order chi connectivity index (χ0) is 28.6. The summed E-state index contributed by atoms with van der Waals surface area (Å²) in [6.45, 7) is 3.42. The van der Waals surface area contributed by atoms with Crippen LogP contribution in [0, 0.1) is 5.82 Å². The molecule has 3 aromatic carbocycles. The molecule has 1 fully saturated rings. The van der Waals surface area contributed by atoms with E-state index < -0.39 is 23.6 Å². The first-order chi connectivity index (χ1) is 19.8. The van der Waals surface area contributed by atoms with E-state index in [1.54, 1.807) is 24.3 Å². The third kappa shape index (κ3) is 3.68. The molecular weight excluding hydrogens is 566 g/mol. The van der Waals surface area contributed by atoms with E-state index in [2.05, 4.69) is 21.7 Å². The molecule has 1 amide bonds. The van der Waals surface area contributed by atoms with E-state index in [0.29, 0.717) is 40.4 Å². The van der Waals surface area contributed by atoms with Gasteiger partial charge in [-0.25, -0.2) is 9.37 Å². The predicted molar refractivity (Wildman–Crippen MR) is 156 cm³/mol. The molecule has 4 heterocycles. The third-order valence-corrected chi connectivity index (χ3v) is 9.63. The monoisotopic (exact) mass is 594 g/mol. The summed E-state index contributed by atoms with van der Waals surface area (Å²) in [6.07, 6.45) is 0.488. The highest BCUT2D eigenvalue weighted by molar-refractivity contribution is 6.31. The maximum atomic E-state index is 16.1. The van der Waals surface area contributed by atoms with Gasteiger partial charge in [-0.1, -0.05) is 54.4 Å². The Labute approximate surface area is 246 Å². The molecule has 0 aliphatic carbocycles. The van der Waals surface area contributed by atoms with Gasteiger partial charge in [0.05, 0.1) is 16.1 Å². The molecule has 5 atom stereocenters. The van der Waals surface area contributed by atoms with Crippen LogP contribution in [-0.2, 0) is 21.6 Å². The number of aliphatic hydroxyl groups is 1. The van der Waals surface area contributed by atoms with E-state index >= 15 is 4.39 Å². The molecule has 3 aliphatic heterocycles. The Hall–Kier alpha value is -3.01. The van der Waals surface area contributed by atoms with Crippen molar-refractivity contribution in [2.24, 2.45) is 0 Å². The molecule has 10 heteroatoms. The lowest BCUT2D eigenvalue weighted by Gasteiger charge is -2.39. The molecule has 2 N–H and O–H groups in total. The van der Waals surface area contributed by atoms with E-state index in [9.17, 15) is 9.90 Å². The fourth-order valence-corrected chi connectivity index (χ4v) is 7.98. The lowest BCUT2D eigenvalue weighted by atomic mass is 9.70. The summed E-state index contributed by atoms with van der Waals surface area (Å²) in [5.41, 5.74) is 2.85. The lowest BCUT2D eigenvalue weighted by Crippen LogP contribution is -2.52. The van der Waals surface area contributed by atoms with Gasteiger partial charge in [-0.3, -0.25) is 9.69 Å². The van der Waals surface area contributed by atoms with Gasteiger partial charge in [-0.05, 0) is 55.3 Å². The van der Waals surface area contributed by atoms with Crippen molar-refractivity contribution in [2.45, 2.75) is 56.0 Å². The number of hydrogen-bond acceptors (Lipinski definition) is 5. The quantitative estimate of drug-likeness (QED) is 0.264. The number of methoxy groups -OCH3 is 1. The number of aromatic nitrogens is 2. The number of rotatable bonds is 5. The van der Waals surface area contributed by atoms with Crippen LogP contribution in [0.25, 0.3) is 11.0 Å². The molecule has 1 spiro atoms. The zero-order valence-electron chi connectivity index (χ0n) is 22.6. The number of imidazole rings is 1. The van der Waals surface area contributed by atoms with Crippen molar-refractivity contribution in [1.82, 2.24) is 14.5 Å². The number of anilines is 1. The van der Waals surface area contributed by atoms with Gasteiger partial charge in [-0.15, -0.1) is 0 Å². The Morgan fingerprint density at radius 2 is 2.05 bits per heavy atom. The maximum Gasteiger partial charge on any atom is 0.250 e. The normalized spacial score (nSPS) is 25.8. The van der Waals surface area contributed by atoms with E-state index in [4.69, 9.17) is 32.9 Å². The molecule has 7 rings (SSSR count). The van der Waals surface area contributed by atoms with Gasteiger partial charge in [0.25, 0.3) is 0 Å². The number of benzene rings is 3. The predicted octanol–water partition coefficient (Wildman–Crippen LogP) is 6.33. The van der Waals surface area contributed by atoms with Crippen LogP contribution in [-0.4, -0.2) is 45.2 Å². The molecule has 0 saturated carbocycles. The number of carbonyl (C=O) groups is 1. The Morgan fingerprint density at radius 3 is 2.83 bits per heavy atom. The van der Waals surface area contributed by atoms with Crippen molar-refractivity contribution in [3.8, 4) is 0 Å². The molecule has 41 heavy (non-hydrogen) atoms. The first kappa shape index (κ1) is 26.9. The number of aliphatic hydroxyl groups excluding tert-OH is 1. The molecule has 212 valence electrons. The first-order valence-electron chi connectivity index (χ1n) is 13.8. The average Bonchev–Trinajstić information content (AvgIpc) is 3.57. The lowest BCUT2D eigenvalue weighted by molar-refractivity contribution is -0.127. The summed E-state index contributed by atoms with van der Waals surface area (Å²) >= 11 is 12.7. The summed E-state index contributed by atoms with van der Waals surface area (Å²) < 4.78 is 23.4. The number of nitrogens with one attached hydrogen (secondary N) is 1. The molecule has 7 nitrogen and oxygen atoms in total. The third-order valence-electron chi connectivity index (χ3n) is 9.10. The van der Waals surface area contributed by atoms with Crippen molar-refractivity contribution < 1.29 is 19.0 Å². The zero-order valence-corrected chi connectivity index (χ0v) is 24.1. The minimum Gasteiger partial charge on any atom is -0.364 e. The van der Waals surface area contributed by atoms with E-state index in [1.807, 2.05) is 24.3 Å². The summed E-state index contributed by atoms with van der Waals surface area (Å²) in [5.74, 6) is -0.878. The second-order valence-corrected chi connectivity index (χ2v) is 11.9. The van der Waals surface area contributed by atoms with E-state index in [1.165, 1.54) is 13.2 Å². The number of hydrogen-bond donors (Lipinski definition) is 2. The fraction of sp³-hybridized carbons (Fsp3) is 0.355. The van der Waals surface area contributed by atoms with Crippen LogP contribution < -0.4 is 5.32 Å². The summed E-state index contributed by atoms with van der Waals surface area (Å²) in [4.78, 5) is 21.8. The Balaban J connectivity index is 1.53. The highest BCUT2D eigenvalue weighted by atomic mass is 35.5. The molecular formula is C31H29Cl2FN4O3. The van der Waals surface area contributed by atoms with Crippen molar-refractivity contribution >= 4 is 45.8 Å². The molecule has 1 saturated heterocycles. The number of fused-ring (bicyclic) bond motifs is 7. The van der Waals surface area contributed by atoms with Crippen LogP contribution in [0.15, 0.2) is 54.6 Å². The Morgan fingerprint density at radius 1 is 1.22 bits per heavy atom. The van der Waals surface area contributed by atoms with Gasteiger partial charge >= 0.3 is 0 Å². The molecule has 3 aliphatic rings. The van der Waals surface area contributed by atoms with Crippen LogP contribution in [0.4, 0.5) is 10.1 Å². The highest BCUT2D eigenvalue weighted by Gasteiger charge is 2.68. The number of halogens is 3. The molecule has 1 unspecified atom stereocenters. The van der Waals surface area contributed by atoms with Gasteiger partial charge in [0.15, 0.2) is 6.29 Å². The number of carbonyl (C=O) groups excluding carboxylic acids is 1. The van der Waals surface area contributed by atoms with Crippen LogP contribution in [0.2, 0.25) is 10.0 Å². The van der Waals surface area contributed by atoms with Crippen molar-refractivity contribution in [3.05, 3.63) is 93.0 Å². The fourth-order valence-electron chi connectivity index (χ4n) is 7.63. The number of aryl methyl sites for hydroxylation is 1. The average molecular weight is 596 g/mol. The van der Waals surface area contributed by atoms with E-state index in [-0.39, 0.29) is 22.9 Å². The molecule has 0 radical (unpaired) electrons. The number of ether oxygens (including phenoxy) is 1. The number of likely N-dealkylation sites (tertiary alicyclic amines) is 1. The smallest absolute Gasteiger partial charge is 0.250 e. The highest BCUT2D eigenvalue weighted by Crippen LogP contribution is 2.64. The van der Waals surface area contributed by atoms with Crippen LogP contribution in [0.3, 0.4) is 0 Å². The number of nitrogens with zero attached hydrogens (tertiary/aromatic N) is 3. The van der Waals surface area contributed by atoms with Gasteiger partial charge in [-0.2, -0.15) is 0 Å². The summed E-state index contributed by atoms with van der Waals surface area (Å²) in [5, 5.41) is 13.9. The Bertz CT molecular complexity index is 1710. The van der Waals surface area contributed by atoms with Crippen molar-refractivity contribution in [2.75, 3.05) is 19.0 Å². The summed E-state index contributed by atoms with van der Waals surface area (Å²) in [7, 11) is 1.44. The van der Waals surface area contributed by atoms with Crippen LogP contribution in [0.5, 0.6) is 0 Å². The second kappa shape index (κ2) is 9.78. The SMILES string of the molecule is CCCN1[C@H]2CCn3c(nc4cc(C(O)OC)ccc43)[C@H]2[C@H](c2cccc(Cl)c2F)[C@]12C(=O)Nc1cc(Cl)ccc12. The standard InChI is InChI=1S/C31H29Cl2FN4O3/c1-3-12-38-24-11-13-37-23-10-7-16(29(39)41-2)14-22(23)35-28(37)25(24)26(18-5-4-6-20(33)27(18)34)31(38)19-9-8-17(32)15-21(19)36-30(31)40/h4-10,14-15,24-26,29,39H,3,11-13H2,1-2H3,(H,36,40)/t24-,25+,26-,29?,31+/m0/s1. The van der Waals surface area contributed by atoms with Crippen LogP contribution >= 0.6 is 23.2 Å². The van der Waals surface area contributed by atoms with E-state index in [0.717, 1.165) is 29.7 Å². The molecule has 1 aromatic heterocycles.